The first kappa shape index (κ1) is 16.9. The normalized spacial score (nSPS) is 14.5. The van der Waals surface area contributed by atoms with Gasteiger partial charge in [0.2, 0.25) is 0 Å². The molecule has 5 heterocycles. The second-order valence-electron chi connectivity index (χ2n) is 7.00. The summed E-state index contributed by atoms with van der Waals surface area (Å²) in [6, 6.07) is 5.51. The fourth-order valence-corrected chi connectivity index (χ4v) is 3.64. The fourth-order valence-electron chi connectivity index (χ4n) is 3.64. The molecule has 142 valence electrons. The Hall–Kier alpha value is -3.26. The molecule has 0 saturated heterocycles. The van der Waals surface area contributed by atoms with Crippen LogP contribution in [0.15, 0.2) is 46.1 Å². The topological polar surface area (TPSA) is 92.3 Å². The third kappa shape index (κ3) is 2.91. The molecule has 0 atom stereocenters. The zero-order chi connectivity index (χ0) is 19.1. The summed E-state index contributed by atoms with van der Waals surface area (Å²) in [5.41, 5.74) is 3.99. The molecule has 1 aliphatic heterocycles. The Balaban J connectivity index is 1.44. The molecule has 8 nitrogen and oxygen atoms in total. The maximum Gasteiger partial charge on any atom is 0.276 e. The van der Waals surface area contributed by atoms with Gasteiger partial charge in [0.05, 0.1) is 12.0 Å². The van der Waals surface area contributed by atoms with E-state index in [0.29, 0.717) is 24.4 Å². The van der Waals surface area contributed by atoms with Crippen molar-refractivity contribution >= 4 is 5.65 Å². The summed E-state index contributed by atoms with van der Waals surface area (Å²) >= 11 is 0. The lowest BCUT2D eigenvalue weighted by Gasteiger charge is -2.27. The minimum Gasteiger partial charge on any atom is -0.463 e. The Kier molecular flexibility index (Phi) is 4.05. The Morgan fingerprint density at radius 1 is 1.29 bits per heavy atom. The van der Waals surface area contributed by atoms with Gasteiger partial charge in [-0.05, 0) is 18.6 Å². The van der Waals surface area contributed by atoms with Crippen LogP contribution in [0.1, 0.15) is 29.6 Å². The Morgan fingerprint density at radius 2 is 2.14 bits per heavy atom. The first-order chi connectivity index (χ1) is 13.7. The Bertz CT molecular complexity index is 1170. The van der Waals surface area contributed by atoms with Crippen LogP contribution in [0.5, 0.6) is 0 Å². The van der Waals surface area contributed by atoms with Gasteiger partial charge in [-0.25, -0.2) is 19.5 Å². The number of H-pyrrole nitrogens is 1. The van der Waals surface area contributed by atoms with Crippen molar-refractivity contribution in [2.75, 3.05) is 6.54 Å². The predicted molar refractivity (Wildman–Crippen MR) is 103 cm³/mol. The fraction of sp³-hybridized carbons (Fsp3) is 0.300. The smallest absolute Gasteiger partial charge is 0.276 e. The van der Waals surface area contributed by atoms with Crippen LogP contribution in [-0.4, -0.2) is 36.0 Å². The molecule has 4 aromatic heterocycles. The highest BCUT2D eigenvalue weighted by Crippen LogP contribution is 2.21. The maximum absolute atomic E-state index is 12.9. The van der Waals surface area contributed by atoms with Crippen LogP contribution in [0, 0.1) is 0 Å². The molecule has 5 rings (SSSR count). The lowest BCUT2D eigenvalue weighted by Crippen LogP contribution is -2.36. The molecule has 8 heteroatoms. The lowest BCUT2D eigenvalue weighted by atomic mass is 10.1. The number of aromatic amines is 1. The maximum atomic E-state index is 12.9. The van der Waals surface area contributed by atoms with E-state index in [9.17, 15) is 4.79 Å². The Labute approximate surface area is 160 Å². The van der Waals surface area contributed by atoms with Crippen molar-refractivity contribution in [3.05, 3.63) is 69.9 Å². The van der Waals surface area contributed by atoms with Crippen molar-refractivity contribution < 1.29 is 4.42 Å². The van der Waals surface area contributed by atoms with Crippen LogP contribution in [0.4, 0.5) is 0 Å². The average Bonchev–Trinajstić information content (AvgIpc) is 3.38. The third-order valence-corrected chi connectivity index (χ3v) is 5.11. The van der Waals surface area contributed by atoms with Gasteiger partial charge in [0.25, 0.3) is 5.56 Å². The number of hydrogen-bond acceptors (Lipinski definition) is 6. The quantitative estimate of drug-likeness (QED) is 0.587. The molecule has 1 aliphatic rings. The van der Waals surface area contributed by atoms with Crippen molar-refractivity contribution in [1.82, 2.24) is 29.5 Å². The van der Waals surface area contributed by atoms with Gasteiger partial charge >= 0.3 is 0 Å². The molecule has 0 radical (unpaired) electrons. The summed E-state index contributed by atoms with van der Waals surface area (Å²) in [5, 5.41) is 3.10. The van der Waals surface area contributed by atoms with E-state index in [2.05, 4.69) is 20.0 Å². The number of nitrogens with zero attached hydrogens (tertiary/aromatic N) is 5. The highest BCUT2D eigenvalue weighted by molar-refractivity contribution is 5.59. The number of hydrogen-bond donors (Lipinski definition) is 1. The highest BCUT2D eigenvalue weighted by atomic mass is 16.3. The van der Waals surface area contributed by atoms with Crippen molar-refractivity contribution in [3.8, 4) is 11.5 Å². The van der Waals surface area contributed by atoms with Gasteiger partial charge in [0.1, 0.15) is 11.5 Å². The van der Waals surface area contributed by atoms with E-state index >= 15 is 0 Å². The van der Waals surface area contributed by atoms with E-state index in [0.717, 1.165) is 47.8 Å². The largest absolute Gasteiger partial charge is 0.463 e. The van der Waals surface area contributed by atoms with Crippen LogP contribution in [0.2, 0.25) is 0 Å². The molecule has 0 unspecified atom stereocenters. The van der Waals surface area contributed by atoms with Gasteiger partial charge in [-0.3, -0.25) is 14.8 Å². The minimum atomic E-state index is -0.0342. The summed E-state index contributed by atoms with van der Waals surface area (Å²) in [6.45, 7) is 4.23. The summed E-state index contributed by atoms with van der Waals surface area (Å²) in [4.78, 5) is 28.7. The van der Waals surface area contributed by atoms with E-state index in [-0.39, 0.29) is 5.56 Å². The van der Waals surface area contributed by atoms with Crippen LogP contribution >= 0.6 is 0 Å². The van der Waals surface area contributed by atoms with Crippen molar-refractivity contribution in [3.63, 3.8) is 0 Å². The molecular weight excluding hydrogens is 356 g/mol. The number of aryl methyl sites for hydroxylation is 1. The van der Waals surface area contributed by atoms with Gasteiger partial charge in [0.15, 0.2) is 11.4 Å². The molecule has 4 aromatic rings. The average molecular weight is 376 g/mol. The molecule has 0 saturated carbocycles. The van der Waals surface area contributed by atoms with E-state index in [1.54, 1.807) is 6.26 Å². The SMILES string of the molecule is CCc1ncc(CN2CCc3c(nc4cc(-c5ccco5)[nH]n4c3=O)C2)cn1. The van der Waals surface area contributed by atoms with Crippen molar-refractivity contribution in [2.45, 2.75) is 32.9 Å². The number of furan rings is 1. The highest BCUT2D eigenvalue weighted by Gasteiger charge is 2.23. The van der Waals surface area contributed by atoms with Gasteiger partial charge in [-0.2, -0.15) is 0 Å². The molecular formula is C20H20N6O2. The van der Waals surface area contributed by atoms with Gasteiger partial charge in [0, 0.05) is 55.6 Å². The van der Waals surface area contributed by atoms with Crippen LogP contribution in [0.3, 0.4) is 0 Å². The zero-order valence-electron chi connectivity index (χ0n) is 15.6. The minimum absolute atomic E-state index is 0.0342. The summed E-state index contributed by atoms with van der Waals surface area (Å²) in [6.07, 6.45) is 6.88. The van der Waals surface area contributed by atoms with Crippen LogP contribution in [0.25, 0.3) is 17.1 Å². The first-order valence-electron chi connectivity index (χ1n) is 9.41. The predicted octanol–water partition coefficient (Wildman–Crippen LogP) is 2.19. The summed E-state index contributed by atoms with van der Waals surface area (Å²) in [5.74, 6) is 1.53. The first-order valence-corrected chi connectivity index (χ1v) is 9.41. The van der Waals surface area contributed by atoms with Gasteiger partial charge < -0.3 is 4.42 Å². The van der Waals surface area contributed by atoms with E-state index < -0.39 is 0 Å². The third-order valence-electron chi connectivity index (χ3n) is 5.11. The molecule has 28 heavy (non-hydrogen) atoms. The van der Waals surface area contributed by atoms with Crippen molar-refractivity contribution in [1.29, 1.82) is 0 Å². The molecule has 0 bridgehead atoms. The second kappa shape index (κ2) is 6.72. The monoisotopic (exact) mass is 376 g/mol. The van der Waals surface area contributed by atoms with Crippen molar-refractivity contribution in [2.24, 2.45) is 0 Å². The molecule has 0 aliphatic carbocycles. The van der Waals surface area contributed by atoms with Gasteiger partial charge in [-0.15, -0.1) is 0 Å². The zero-order valence-corrected chi connectivity index (χ0v) is 15.6. The van der Waals surface area contributed by atoms with Crippen LogP contribution in [-0.2, 0) is 25.9 Å². The number of rotatable bonds is 4. The standard InChI is InChI=1S/C20H20N6O2/c1-2-18-21-9-13(10-22-18)11-25-6-5-14-16(12-25)23-19-8-15(17-4-3-7-28-17)24-26(19)20(14)27/h3-4,7-10,24H,2,5-6,11-12H2,1H3. The van der Waals surface area contributed by atoms with Gasteiger partial charge in [-0.1, -0.05) is 6.92 Å². The lowest BCUT2D eigenvalue weighted by molar-refractivity contribution is 0.240. The molecule has 0 amide bonds. The molecule has 0 fully saturated rings. The van der Waals surface area contributed by atoms with E-state index in [4.69, 9.17) is 9.40 Å². The summed E-state index contributed by atoms with van der Waals surface area (Å²) in [7, 11) is 0. The Morgan fingerprint density at radius 3 is 2.89 bits per heavy atom. The number of aromatic nitrogens is 5. The second-order valence-corrected chi connectivity index (χ2v) is 7.00. The van der Waals surface area contributed by atoms with E-state index in [1.165, 1.54) is 4.52 Å². The summed E-state index contributed by atoms with van der Waals surface area (Å²) < 4.78 is 6.92. The number of nitrogens with one attached hydrogen (secondary N) is 1. The van der Waals surface area contributed by atoms with Crippen LogP contribution < -0.4 is 5.56 Å². The number of fused-ring (bicyclic) bond motifs is 2. The molecule has 1 N–H and O–H groups in total. The van der Waals surface area contributed by atoms with E-state index in [1.807, 2.05) is 37.5 Å². The molecule has 0 spiro atoms. The molecule has 0 aromatic carbocycles.